The lowest BCUT2D eigenvalue weighted by molar-refractivity contribution is -0.123. The molecule has 0 saturated heterocycles. The third-order valence-electron chi connectivity index (χ3n) is 2.90. The summed E-state index contributed by atoms with van der Waals surface area (Å²) >= 11 is 0. The van der Waals surface area contributed by atoms with Crippen LogP contribution in [0.3, 0.4) is 0 Å². The maximum atomic E-state index is 12.1. The average molecular weight is 268 g/mol. The lowest BCUT2D eigenvalue weighted by Gasteiger charge is -2.14. The summed E-state index contributed by atoms with van der Waals surface area (Å²) in [7, 11) is 0. The van der Waals surface area contributed by atoms with E-state index in [1.165, 1.54) is 0 Å². The largest absolute Gasteiger partial charge is 0.387 e. The summed E-state index contributed by atoms with van der Waals surface area (Å²) in [5.41, 5.74) is 1.18. The average Bonchev–Trinajstić information content (AvgIpc) is 2.97. The van der Waals surface area contributed by atoms with E-state index in [-0.39, 0.29) is 24.9 Å². The van der Waals surface area contributed by atoms with Gasteiger partial charge in [-0.1, -0.05) is 35.5 Å². The quantitative estimate of drug-likeness (QED) is 0.771. The van der Waals surface area contributed by atoms with E-state index in [9.17, 15) is 4.79 Å². The number of carbonyl (C=O) groups is 1. The van der Waals surface area contributed by atoms with Gasteiger partial charge in [0.15, 0.2) is 6.10 Å². The second-order valence-electron chi connectivity index (χ2n) is 4.22. The molecule has 0 N–H and O–H groups in total. The number of nitriles is 2. The minimum Gasteiger partial charge on any atom is -0.387 e. The van der Waals surface area contributed by atoms with Crippen LogP contribution in [0.1, 0.15) is 18.1 Å². The van der Waals surface area contributed by atoms with Gasteiger partial charge in [-0.3, -0.25) is 4.79 Å². The Balaban J connectivity index is 2.03. The van der Waals surface area contributed by atoms with Gasteiger partial charge in [-0.05, 0) is 5.56 Å². The lowest BCUT2D eigenvalue weighted by Crippen LogP contribution is -2.36. The van der Waals surface area contributed by atoms with E-state index in [1.54, 1.807) is 0 Å². The first-order valence-corrected chi connectivity index (χ1v) is 6.07. The van der Waals surface area contributed by atoms with Gasteiger partial charge in [0.1, 0.15) is 18.8 Å². The smallest absolute Gasteiger partial charge is 0.273 e. The van der Waals surface area contributed by atoms with Crippen molar-refractivity contribution in [3.05, 3.63) is 35.9 Å². The van der Waals surface area contributed by atoms with E-state index in [0.29, 0.717) is 6.42 Å². The van der Waals surface area contributed by atoms with Crippen LogP contribution in [0, 0.1) is 22.7 Å². The summed E-state index contributed by atoms with van der Waals surface area (Å²) in [6, 6.07) is 13.2. The molecule has 100 valence electrons. The number of hydrogen-bond acceptors (Lipinski definition) is 5. The third kappa shape index (κ3) is 2.93. The fourth-order valence-corrected chi connectivity index (χ4v) is 1.90. The third-order valence-corrected chi connectivity index (χ3v) is 2.90. The number of rotatable bonds is 4. The van der Waals surface area contributed by atoms with Gasteiger partial charge in [-0.25, -0.2) is 0 Å². The van der Waals surface area contributed by atoms with Crippen LogP contribution in [0.15, 0.2) is 35.5 Å². The van der Waals surface area contributed by atoms with Gasteiger partial charge in [-0.15, -0.1) is 0 Å². The topological polar surface area (TPSA) is 89.5 Å². The van der Waals surface area contributed by atoms with Gasteiger partial charge >= 0.3 is 0 Å². The number of carbonyl (C=O) groups excluding carboxylic acids is 1. The molecular formula is C14H12N4O2. The summed E-state index contributed by atoms with van der Waals surface area (Å²) in [5.74, 6) is -0.425. The Morgan fingerprint density at radius 3 is 2.55 bits per heavy atom. The van der Waals surface area contributed by atoms with Crippen molar-refractivity contribution in [3.63, 3.8) is 0 Å². The number of oxime groups is 1. The van der Waals surface area contributed by atoms with E-state index >= 15 is 0 Å². The standard InChI is InChI=1S/C14H12N4O2/c15-6-8-18(9-7-16)14(19)12-10-13(20-17-12)11-4-2-1-3-5-11/h1-5,13H,8-10H2. The number of benzene rings is 1. The molecule has 6 heteroatoms. The minimum absolute atomic E-state index is 0.137. The Hall–Kier alpha value is -2.86. The van der Waals surface area contributed by atoms with E-state index in [4.69, 9.17) is 15.4 Å². The van der Waals surface area contributed by atoms with Crippen LogP contribution >= 0.6 is 0 Å². The Kier molecular flexibility index (Phi) is 4.31. The molecule has 0 aromatic heterocycles. The van der Waals surface area contributed by atoms with Gasteiger partial charge in [0.05, 0.1) is 12.1 Å². The maximum Gasteiger partial charge on any atom is 0.273 e. The van der Waals surface area contributed by atoms with Crippen LogP contribution in [0.4, 0.5) is 0 Å². The first-order chi connectivity index (χ1) is 9.76. The molecule has 1 unspecified atom stereocenters. The molecule has 0 spiro atoms. The Labute approximate surface area is 116 Å². The molecule has 1 atom stereocenters. The van der Waals surface area contributed by atoms with Crippen molar-refractivity contribution in [3.8, 4) is 12.1 Å². The Bertz CT molecular complexity index is 582. The van der Waals surface area contributed by atoms with Gasteiger partial charge in [0.25, 0.3) is 5.91 Å². The first-order valence-electron chi connectivity index (χ1n) is 6.07. The molecule has 20 heavy (non-hydrogen) atoms. The van der Waals surface area contributed by atoms with Crippen molar-refractivity contribution in [1.82, 2.24) is 4.90 Å². The molecule has 0 radical (unpaired) electrons. The van der Waals surface area contributed by atoms with E-state index in [0.717, 1.165) is 10.5 Å². The zero-order valence-electron chi connectivity index (χ0n) is 10.7. The molecule has 1 amide bonds. The van der Waals surface area contributed by atoms with Crippen molar-refractivity contribution >= 4 is 11.6 Å². The molecule has 0 fully saturated rings. The normalized spacial score (nSPS) is 16.5. The van der Waals surface area contributed by atoms with E-state index in [2.05, 4.69) is 5.16 Å². The fraction of sp³-hybridized carbons (Fsp3) is 0.286. The fourth-order valence-electron chi connectivity index (χ4n) is 1.90. The highest BCUT2D eigenvalue weighted by Gasteiger charge is 2.30. The lowest BCUT2D eigenvalue weighted by atomic mass is 10.0. The molecule has 1 heterocycles. The summed E-state index contributed by atoms with van der Waals surface area (Å²) < 4.78 is 0. The molecule has 1 aliphatic rings. The molecule has 2 rings (SSSR count). The number of amides is 1. The highest BCUT2D eigenvalue weighted by atomic mass is 16.6. The Morgan fingerprint density at radius 1 is 1.30 bits per heavy atom. The van der Waals surface area contributed by atoms with Crippen molar-refractivity contribution in [2.45, 2.75) is 12.5 Å². The number of hydrogen-bond donors (Lipinski definition) is 0. The predicted molar refractivity (Wildman–Crippen MR) is 70.1 cm³/mol. The van der Waals surface area contributed by atoms with Crippen LogP contribution in [0.25, 0.3) is 0 Å². The molecule has 0 saturated carbocycles. The second kappa shape index (κ2) is 6.35. The molecule has 1 aliphatic heterocycles. The van der Waals surface area contributed by atoms with Crippen molar-refractivity contribution in [2.75, 3.05) is 13.1 Å². The molecule has 1 aromatic carbocycles. The molecule has 0 bridgehead atoms. The van der Waals surface area contributed by atoms with Gasteiger partial charge in [0.2, 0.25) is 0 Å². The zero-order chi connectivity index (χ0) is 14.4. The molecule has 0 aliphatic carbocycles. The number of nitrogens with zero attached hydrogens (tertiary/aromatic N) is 4. The highest BCUT2D eigenvalue weighted by molar-refractivity contribution is 6.39. The highest BCUT2D eigenvalue weighted by Crippen LogP contribution is 2.27. The predicted octanol–water partition coefficient (Wildman–Crippen LogP) is 1.38. The van der Waals surface area contributed by atoms with Crippen LogP contribution in [0.2, 0.25) is 0 Å². The Morgan fingerprint density at radius 2 is 1.95 bits per heavy atom. The monoisotopic (exact) mass is 268 g/mol. The van der Waals surface area contributed by atoms with Crippen LogP contribution in [0.5, 0.6) is 0 Å². The first kappa shape index (κ1) is 13.6. The van der Waals surface area contributed by atoms with Crippen molar-refractivity contribution in [1.29, 1.82) is 10.5 Å². The maximum absolute atomic E-state index is 12.1. The summed E-state index contributed by atoms with van der Waals surface area (Å²) in [6.07, 6.45) is 0.0529. The minimum atomic E-state index is -0.425. The van der Waals surface area contributed by atoms with E-state index in [1.807, 2.05) is 42.5 Å². The summed E-state index contributed by atoms with van der Waals surface area (Å²) in [6.45, 7) is -0.275. The van der Waals surface area contributed by atoms with Crippen molar-refractivity contribution < 1.29 is 9.63 Å². The second-order valence-corrected chi connectivity index (χ2v) is 4.22. The van der Waals surface area contributed by atoms with E-state index < -0.39 is 5.91 Å². The van der Waals surface area contributed by atoms with Crippen LogP contribution < -0.4 is 0 Å². The SMILES string of the molecule is N#CCN(CC#N)C(=O)C1=NOC(c2ccccc2)C1. The summed E-state index contributed by atoms with van der Waals surface area (Å²) in [5, 5.41) is 21.1. The van der Waals surface area contributed by atoms with Gasteiger partial charge in [-0.2, -0.15) is 10.5 Å². The molecule has 1 aromatic rings. The van der Waals surface area contributed by atoms with Crippen LogP contribution in [-0.4, -0.2) is 29.6 Å². The van der Waals surface area contributed by atoms with Gasteiger partial charge in [0, 0.05) is 6.42 Å². The van der Waals surface area contributed by atoms with Crippen LogP contribution in [-0.2, 0) is 9.63 Å². The zero-order valence-corrected chi connectivity index (χ0v) is 10.7. The van der Waals surface area contributed by atoms with Crippen molar-refractivity contribution in [2.24, 2.45) is 5.16 Å². The van der Waals surface area contributed by atoms with Gasteiger partial charge < -0.3 is 9.74 Å². The summed E-state index contributed by atoms with van der Waals surface area (Å²) in [4.78, 5) is 18.5. The molecule has 6 nitrogen and oxygen atoms in total. The molecular weight excluding hydrogens is 256 g/mol.